The van der Waals surface area contributed by atoms with Gasteiger partial charge < -0.3 is 18.3 Å². The molecule has 8 heteroatoms. The Morgan fingerprint density at radius 2 is 1.79 bits per heavy atom. The van der Waals surface area contributed by atoms with Gasteiger partial charge >= 0.3 is 17.7 Å². The predicted molar refractivity (Wildman–Crippen MR) is 81.0 cm³/mol. The number of esters is 2. The molecule has 2 aromatic heterocycles. The molecule has 0 saturated heterocycles. The van der Waals surface area contributed by atoms with E-state index in [1.165, 1.54) is 37.0 Å². The summed E-state index contributed by atoms with van der Waals surface area (Å²) in [6.45, 7) is 0.0698. The van der Waals surface area contributed by atoms with Crippen LogP contribution in [0.2, 0.25) is 0 Å². The number of hydrogen-bond acceptors (Lipinski definition) is 7. The van der Waals surface area contributed by atoms with E-state index in [9.17, 15) is 14.4 Å². The third-order valence-electron chi connectivity index (χ3n) is 3.45. The Bertz CT molecular complexity index is 976. The Labute approximate surface area is 135 Å². The number of aromatic nitrogens is 1. The molecule has 0 aliphatic carbocycles. The van der Waals surface area contributed by atoms with E-state index in [1.807, 2.05) is 0 Å². The number of hydrogen-bond donors (Lipinski definition) is 0. The van der Waals surface area contributed by atoms with Crippen LogP contribution < -0.4 is 5.76 Å². The molecule has 0 aliphatic heterocycles. The summed E-state index contributed by atoms with van der Waals surface area (Å²) in [5.74, 6) is -1.31. The molecule has 0 N–H and O–H groups in total. The Morgan fingerprint density at radius 3 is 2.50 bits per heavy atom. The molecule has 124 valence electrons. The number of oxazole rings is 1. The van der Waals surface area contributed by atoms with Crippen LogP contribution >= 0.6 is 0 Å². The maximum Gasteiger partial charge on any atom is 0.420 e. The highest BCUT2D eigenvalue weighted by molar-refractivity contribution is 5.93. The lowest BCUT2D eigenvalue weighted by Gasteiger charge is -2.01. The molecule has 0 fully saturated rings. The van der Waals surface area contributed by atoms with Crippen LogP contribution in [-0.2, 0) is 16.0 Å². The van der Waals surface area contributed by atoms with Crippen LogP contribution in [-0.4, -0.2) is 30.7 Å². The minimum absolute atomic E-state index is 0.0429. The first-order valence-electron chi connectivity index (χ1n) is 6.92. The van der Waals surface area contributed by atoms with Crippen LogP contribution in [0.25, 0.3) is 11.1 Å². The van der Waals surface area contributed by atoms with Crippen LogP contribution in [0.1, 0.15) is 26.7 Å². The van der Waals surface area contributed by atoms with Gasteiger partial charge in [-0.2, -0.15) is 0 Å². The van der Waals surface area contributed by atoms with Crippen LogP contribution in [0.15, 0.2) is 44.0 Å². The van der Waals surface area contributed by atoms with E-state index in [2.05, 4.69) is 9.47 Å². The molecule has 0 saturated carbocycles. The summed E-state index contributed by atoms with van der Waals surface area (Å²) >= 11 is 0. The van der Waals surface area contributed by atoms with Gasteiger partial charge in [-0.1, -0.05) is 0 Å². The molecular weight excluding hydrogens is 318 g/mol. The van der Waals surface area contributed by atoms with Crippen molar-refractivity contribution in [1.82, 2.24) is 4.57 Å². The van der Waals surface area contributed by atoms with Gasteiger partial charge in [0.25, 0.3) is 0 Å². The van der Waals surface area contributed by atoms with Gasteiger partial charge in [0.1, 0.15) is 5.76 Å². The quantitative estimate of drug-likeness (QED) is 0.672. The molecule has 0 radical (unpaired) electrons. The van der Waals surface area contributed by atoms with Gasteiger partial charge in [0.2, 0.25) is 5.76 Å². The molecule has 1 aromatic carbocycles. The molecule has 0 amide bonds. The Hall–Kier alpha value is -3.29. The van der Waals surface area contributed by atoms with E-state index in [1.54, 1.807) is 12.1 Å². The van der Waals surface area contributed by atoms with Gasteiger partial charge in [-0.25, -0.2) is 14.4 Å². The normalized spacial score (nSPS) is 10.8. The third-order valence-corrected chi connectivity index (χ3v) is 3.45. The van der Waals surface area contributed by atoms with Gasteiger partial charge in [-0.05, 0) is 30.3 Å². The highest BCUT2D eigenvalue weighted by atomic mass is 16.5. The molecule has 0 atom stereocenters. The summed E-state index contributed by atoms with van der Waals surface area (Å²) in [5, 5.41) is 0. The first kappa shape index (κ1) is 15.6. The highest BCUT2D eigenvalue weighted by Crippen LogP contribution is 2.18. The van der Waals surface area contributed by atoms with Crippen molar-refractivity contribution in [2.75, 3.05) is 14.2 Å². The largest absolute Gasteiger partial charge is 0.465 e. The summed E-state index contributed by atoms with van der Waals surface area (Å²) in [7, 11) is 2.52. The summed E-state index contributed by atoms with van der Waals surface area (Å²) in [6, 6.07) is 7.57. The SMILES string of the molecule is COC(=O)c1ccc2c(c1)oc(=O)n2Cc1ccc(C(=O)OC)o1. The van der Waals surface area contributed by atoms with Gasteiger partial charge in [0.15, 0.2) is 5.58 Å². The van der Waals surface area contributed by atoms with Gasteiger partial charge in [0.05, 0.1) is 31.8 Å². The number of nitrogens with zero attached hydrogens (tertiary/aromatic N) is 1. The number of benzene rings is 1. The van der Waals surface area contributed by atoms with Crippen molar-refractivity contribution in [3.05, 3.63) is 58.0 Å². The molecule has 0 aliphatic rings. The maximum atomic E-state index is 12.0. The minimum Gasteiger partial charge on any atom is -0.465 e. The van der Waals surface area contributed by atoms with Crippen molar-refractivity contribution in [3.8, 4) is 0 Å². The zero-order valence-corrected chi connectivity index (χ0v) is 12.9. The molecule has 8 nitrogen and oxygen atoms in total. The second kappa shape index (κ2) is 6.07. The maximum absolute atomic E-state index is 12.0. The van der Waals surface area contributed by atoms with E-state index in [0.29, 0.717) is 11.3 Å². The zero-order valence-electron chi connectivity index (χ0n) is 12.9. The number of furan rings is 1. The molecule has 2 heterocycles. The topological polar surface area (TPSA) is 101 Å². The Balaban J connectivity index is 1.96. The number of methoxy groups -OCH3 is 2. The van der Waals surface area contributed by atoms with Crippen molar-refractivity contribution in [2.24, 2.45) is 0 Å². The first-order chi connectivity index (χ1) is 11.5. The lowest BCUT2D eigenvalue weighted by molar-refractivity contribution is 0.0561. The smallest absolute Gasteiger partial charge is 0.420 e. The van der Waals surface area contributed by atoms with E-state index in [4.69, 9.17) is 8.83 Å². The summed E-state index contributed by atoms with van der Waals surface area (Å²) < 4.78 is 21.0. The van der Waals surface area contributed by atoms with E-state index in [-0.39, 0.29) is 23.5 Å². The van der Waals surface area contributed by atoms with Crippen molar-refractivity contribution in [2.45, 2.75) is 6.54 Å². The Morgan fingerprint density at radius 1 is 1.04 bits per heavy atom. The molecule has 0 spiro atoms. The van der Waals surface area contributed by atoms with Gasteiger partial charge in [-0.15, -0.1) is 0 Å². The number of rotatable bonds is 4. The summed E-state index contributed by atoms with van der Waals surface area (Å²) in [6.07, 6.45) is 0. The monoisotopic (exact) mass is 331 g/mol. The Kier molecular flexibility index (Phi) is 3.95. The van der Waals surface area contributed by atoms with E-state index < -0.39 is 17.7 Å². The molecule has 3 aromatic rings. The molecular formula is C16H13NO7. The second-order valence-electron chi connectivity index (χ2n) is 4.89. The van der Waals surface area contributed by atoms with Crippen molar-refractivity contribution >= 4 is 23.0 Å². The van der Waals surface area contributed by atoms with E-state index in [0.717, 1.165) is 0 Å². The van der Waals surface area contributed by atoms with Crippen molar-refractivity contribution in [3.63, 3.8) is 0 Å². The summed E-state index contributed by atoms with van der Waals surface area (Å²) in [5.41, 5.74) is 1.02. The average Bonchev–Trinajstić information content (AvgIpc) is 3.18. The fourth-order valence-electron chi connectivity index (χ4n) is 2.29. The standard InChI is InChI=1S/C16H13NO7/c1-21-14(18)9-3-5-11-13(7-9)24-16(20)17(11)8-10-4-6-12(23-10)15(19)22-2/h3-7H,8H2,1-2H3. The third kappa shape index (κ3) is 2.69. The van der Waals surface area contributed by atoms with Gasteiger partial charge in [0, 0.05) is 0 Å². The van der Waals surface area contributed by atoms with Gasteiger partial charge in [-0.3, -0.25) is 4.57 Å². The van der Waals surface area contributed by atoms with Crippen LogP contribution in [0.4, 0.5) is 0 Å². The molecule has 3 rings (SSSR count). The van der Waals surface area contributed by atoms with Crippen LogP contribution in [0.5, 0.6) is 0 Å². The highest BCUT2D eigenvalue weighted by Gasteiger charge is 2.16. The van der Waals surface area contributed by atoms with Crippen molar-refractivity contribution in [1.29, 1.82) is 0 Å². The minimum atomic E-state index is -0.608. The lowest BCUT2D eigenvalue weighted by atomic mass is 10.2. The summed E-state index contributed by atoms with van der Waals surface area (Å²) in [4.78, 5) is 35.0. The number of carbonyl (C=O) groups excluding carboxylic acids is 2. The molecule has 24 heavy (non-hydrogen) atoms. The number of carbonyl (C=O) groups is 2. The van der Waals surface area contributed by atoms with Crippen LogP contribution in [0, 0.1) is 0 Å². The fourth-order valence-corrected chi connectivity index (χ4v) is 2.29. The predicted octanol–water partition coefficient (Wildman–Crippen LogP) is 1.81. The van der Waals surface area contributed by atoms with E-state index >= 15 is 0 Å². The molecule has 0 bridgehead atoms. The fraction of sp³-hybridized carbons (Fsp3) is 0.188. The number of fused-ring (bicyclic) bond motifs is 1. The molecule has 0 unspecified atom stereocenters. The van der Waals surface area contributed by atoms with Crippen molar-refractivity contribution < 1.29 is 27.9 Å². The first-order valence-corrected chi connectivity index (χ1v) is 6.92. The zero-order chi connectivity index (χ0) is 17.3. The van der Waals surface area contributed by atoms with Crippen LogP contribution in [0.3, 0.4) is 0 Å². The average molecular weight is 331 g/mol. The number of ether oxygens (including phenoxy) is 2. The second-order valence-corrected chi connectivity index (χ2v) is 4.89. The lowest BCUT2D eigenvalue weighted by Crippen LogP contribution is -2.14.